The van der Waals surface area contributed by atoms with E-state index in [9.17, 15) is 4.79 Å². The lowest BCUT2D eigenvalue weighted by atomic mass is 9.89. The summed E-state index contributed by atoms with van der Waals surface area (Å²) in [5.74, 6) is 1.06. The van der Waals surface area contributed by atoms with Crippen LogP contribution in [-0.4, -0.2) is 35.5 Å². The molecule has 1 aromatic rings. The van der Waals surface area contributed by atoms with E-state index in [1.807, 2.05) is 0 Å². The van der Waals surface area contributed by atoms with Crippen molar-refractivity contribution in [2.45, 2.75) is 31.9 Å². The van der Waals surface area contributed by atoms with Crippen molar-refractivity contribution in [1.82, 2.24) is 9.97 Å². The maximum absolute atomic E-state index is 10.9. The Bertz CT molecular complexity index is 433. The second-order valence-corrected chi connectivity index (χ2v) is 4.47. The van der Waals surface area contributed by atoms with E-state index in [1.54, 1.807) is 14.0 Å². The summed E-state index contributed by atoms with van der Waals surface area (Å²) in [6, 6.07) is 0.281. The van der Waals surface area contributed by atoms with E-state index in [0.29, 0.717) is 29.6 Å². The van der Waals surface area contributed by atoms with Gasteiger partial charge in [0.05, 0.1) is 11.7 Å². The van der Waals surface area contributed by atoms with Crippen LogP contribution in [0.2, 0.25) is 5.15 Å². The number of ether oxygens (including phenoxy) is 1. The molecule has 2 rings (SSSR count). The summed E-state index contributed by atoms with van der Waals surface area (Å²) in [7, 11) is 1.70. The molecule has 5 nitrogen and oxygen atoms in total. The number of carbonyl (C=O) groups excluding carboxylic acids is 1. The van der Waals surface area contributed by atoms with E-state index in [2.05, 4.69) is 15.3 Å². The summed E-state index contributed by atoms with van der Waals surface area (Å²) in [6.45, 7) is 1.74. The summed E-state index contributed by atoms with van der Waals surface area (Å²) >= 11 is 5.89. The van der Waals surface area contributed by atoms with Gasteiger partial charge in [-0.25, -0.2) is 9.97 Å². The first-order valence-electron chi connectivity index (χ1n) is 5.42. The van der Waals surface area contributed by atoms with Crippen LogP contribution in [-0.2, 0) is 4.74 Å². The fourth-order valence-corrected chi connectivity index (χ4v) is 2.09. The number of nitrogens with one attached hydrogen (secondary N) is 1. The van der Waals surface area contributed by atoms with Crippen molar-refractivity contribution in [3.63, 3.8) is 0 Å². The Balaban J connectivity index is 2.12. The molecular weight excluding hydrogens is 242 g/mol. The number of anilines is 1. The zero-order valence-corrected chi connectivity index (χ0v) is 10.5. The molecule has 1 fully saturated rings. The minimum absolute atomic E-state index is 0.192. The molecule has 1 aliphatic rings. The van der Waals surface area contributed by atoms with Gasteiger partial charge in [-0.05, 0) is 19.8 Å². The number of methoxy groups -OCH3 is 1. The van der Waals surface area contributed by atoms with Gasteiger partial charge in [0.2, 0.25) is 0 Å². The Kier molecular flexibility index (Phi) is 3.59. The molecule has 92 valence electrons. The Morgan fingerprint density at radius 2 is 2.18 bits per heavy atom. The Labute approximate surface area is 105 Å². The van der Waals surface area contributed by atoms with E-state index in [4.69, 9.17) is 16.3 Å². The quantitative estimate of drug-likeness (QED) is 0.657. The summed E-state index contributed by atoms with van der Waals surface area (Å²) in [6.07, 6.45) is 2.80. The van der Waals surface area contributed by atoms with Gasteiger partial charge >= 0.3 is 0 Å². The largest absolute Gasteiger partial charge is 0.381 e. The third kappa shape index (κ3) is 2.56. The van der Waals surface area contributed by atoms with Gasteiger partial charge in [-0.15, -0.1) is 0 Å². The molecule has 0 saturated heterocycles. The van der Waals surface area contributed by atoms with Crippen LogP contribution in [0, 0.1) is 6.92 Å². The molecule has 1 heterocycles. The highest BCUT2D eigenvalue weighted by Crippen LogP contribution is 2.28. The van der Waals surface area contributed by atoms with E-state index in [0.717, 1.165) is 12.8 Å². The van der Waals surface area contributed by atoms with Crippen LogP contribution in [0.1, 0.15) is 29.0 Å². The molecule has 0 radical (unpaired) electrons. The highest BCUT2D eigenvalue weighted by atomic mass is 35.5. The molecule has 0 spiro atoms. The molecule has 0 amide bonds. The normalized spacial score (nSPS) is 23.0. The van der Waals surface area contributed by atoms with Gasteiger partial charge in [-0.2, -0.15) is 0 Å². The van der Waals surface area contributed by atoms with Gasteiger partial charge in [0.25, 0.3) is 0 Å². The average Bonchev–Trinajstić information content (AvgIpc) is 2.22. The number of rotatable bonds is 4. The van der Waals surface area contributed by atoms with Crippen molar-refractivity contribution in [3.8, 4) is 0 Å². The maximum Gasteiger partial charge on any atom is 0.156 e. The van der Waals surface area contributed by atoms with Crippen LogP contribution >= 0.6 is 11.6 Å². The molecule has 1 aliphatic carbocycles. The average molecular weight is 256 g/mol. The molecular formula is C11H14ClN3O2. The molecule has 1 saturated carbocycles. The summed E-state index contributed by atoms with van der Waals surface area (Å²) < 4.78 is 5.19. The number of hydrogen-bond acceptors (Lipinski definition) is 5. The van der Waals surface area contributed by atoms with E-state index >= 15 is 0 Å². The Morgan fingerprint density at radius 3 is 2.76 bits per heavy atom. The Morgan fingerprint density at radius 1 is 1.47 bits per heavy atom. The number of aldehydes is 1. The van der Waals surface area contributed by atoms with Crippen molar-refractivity contribution >= 4 is 23.7 Å². The molecule has 0 atom stereocenters. The van der Waals surface area contributed by atoms with Crippen molar-refractivity contribution in [1.29, 1.82) is 0 Å². The van der Waals surface area contributed by atoms with E-state index < -0.39 is 0 Å². The standard InChI is InChI=1S/C11H14ClN3O2/c1-6-13-10(12)9(5-16)11(14-6)15-7-3-8(4-7)17-2/h5,7-8H,3-4H2,1-2H3,(H,13,14,15). The number of hydrogen-bond donors (Lipinski definition) is 1. The van der Waals surface area contributed by atoms with E-state index in [1.165, 1.54) is 0 Å². The number of carbonyl (C=O) groups is 1. The monoisotopic (exact) mass is 255 g/mol. The van der Waals surface area contributed by atoms with Crippen LogP contribution in [0.5, 0.6) is 0 Å². The lowest BCUT2D eigenvalue weighted by Crippen LogP contribution is -2.40. The zero-order valence-electron chi connectivity index (χ0n) is 9.74. The highest BCUT2D eigenvalue weighted by Gasteiger charge is 2.30. The zero-order chi connectivity index (χ0) is 12.4. The van der Waals surface area contributed by atoms with Gasteiger partial charge in [-0.1, -0.05) is 11.6 Å². The van der Waals surface area contributed by atoms with Crippen molar-refractivity contribution in [2.24, 2.45) is 0 Å². The SMILES string of the molecule is COC1CC(Nc2nc(C)nc(Cl)c2C=O)C1. The van der Waals surface area contributed by atoms with E-state index in [-0.39, 0.29) is 11.2 Å². The molecule has 0 bridgehead atoms. The van der Waals surface area contributed by atoms with Crippen LogP contribution in [0.4, 0.5) is 5.82 Å². The number of nitrogens with zero attached hydrogens (tertiary/aromatic N) is 2. The van der Waals surface area contributed by atoms with Gasteiger partial charge < -0.3 is 10.1 Å². The van der Waals surface area contributed by atoms with Gasteiger partial charge in [-0.3, -0.25) is 4.79 Å². The lowest BCUT2D eigenvalue weighted by Gasteiger charge is -2.35. The minimum atomic E-state index is 0.192. The second kappa shape index (κ2) is 4.98. The maximum atomic E-state index is 10.9. The number of halogens is 1. The van der Waals surface area contributed by atoms with Gasteiger partial charge in [0, 0.05) is 13.2 Å². The van der Waals surface area contributed by atoms with Crippen molar-refractivity contribution in [2.75, 3.05) is 12.4 Å². The molecule has 0 unspecified atom stereocenters. The highest BCUT2D eigenvalue weighted by molar-refractivity contribution is 6.32. The molecule has 17 heavy (non-hydrogen) atoms. The summed E-state index contributed by atoms with van der Waals surface area (Å²) in [5, 5.41) is 3.39. The van der Waals surface area contributed by atoms with Crippen LogP contribution < -0.4 is 5.32 Å². The van der Waals surface area contributed by atoms with Crippen LogP contribution in [0.3, 0.4) is 0 Å². The summed E-state index contributed by atoms with van der Waals surface area (Å²) in [5.41, 5.74) is 0.318. The molecule has 0 aromatic carbocycles. The first-order valence-corrected chi connectivity index (χ1v) is 5.80. The lowest BCUT2D eigenvalue weighted by molar-refractivity contribution is 0.0328. The smallest absolute Gasteiger partial charge is 0.156 e. The predicted octanol–water partition coefficient (Wildman–Crippen LogP) is 1.84. The molecule has 0 aliphatic heterocycles. The first kappa shape index (κ1) is 12.3. The minimum Gasteiger partial charge on any atom is -0.381 e. The van der Waals surface area contributed by atoms with Crippen molar-refractivity contribution in [3.05, 3.63) is 16.5 Å². The molecule has 1 aromatic heterocycles. The van der Waals surface area contributed by atoms with Crippen LogP contribution in [0.15, 0.2) is 0 Å². The fourth-order valence-electron chi connectivity index (χ4n) is 1.83. The van der Waals surface area contributed by atoms with Gasteiger partial charge in [0.15, 0.2) is 6.29 Å². The number of aromatic nitrogens is 2. The third-order valence-electron chi connectivity index (χ3n) is 2.90. The fraction of sp³-hybridized carbons (Fsp3) is 0.545. The first-order chi connectivity index (χ1) is 8.13. The third-order valence-corrected chi connectivity index (χ3v) is 3.19. The summed E-state index contributed by atoms with van der Waals surface area (Å²) in [4.78, 5) is 19.1. The predicted molar refractivity (Wildman–Crippen MR) is 64.6 cm³/mol. The number of aryl methyl sites for hydroxylation is 1. The van der Waals surface area contributed by atoms with Gasteiger partial charge in [0.1, 0.15) is 16.8 Å². The Hall–Kier alpha value is -1.20. The van der Waals surface area contributed by atoms with Crippen LogP contribution in [0.25, 0.3) is 0 Å². The molecule has 6 heteroatoms. The topological polar surface area (TPSA) is 64.1 Å². The second-order valence-electron chi connectivity index (χ2n) is 4.11. The van der Waals surface area contributed by atoms with Crippen molar-refractivity contribution < 1.29 is 9.53 Å². The molecule has 1 N–H and O–H groups in total.